The van der Waals surface area contributed by atoms with E-state index in [0.717, 1.165) is 16.9 Å². The molecule has 3 aromatic heterocycles. The SMILES string of the molecule is CCn1nc2nc(F)c(N3CC4(CN(C(=O)N5CCOCC5)C4)C3)cc2c1N(C)c1nc(-c2ccc(C)cc2)c(C#N)s1. The van der Waals surface area contributed by atoms with Crippen LogP contribution in [-0.4, -0.2) is 95.1 Å². The summed E-state index contributed by atoms with van der Waals surface area (Å²) in [7, 11) is 1.89. The van der Waals surface area contributed by atoms with Crippen LogP contribution in [0.25, 0.3) is 22.3 Å². The van der Waals surface area contributed by atoms with Crippen molar-refractivity contribution in [3.05, 3.63) is 46.7 Å². The molecule has 3 aliphatic rings. The molecule has 222 valence electrons. The number of pyridine rings is 1. The first-order chi connectivity index (χ1) is 20.8. The van der Waals surface area contributed by atoms with Crippen molar-refractivity contribution in [1.82, 2.24) is 29.5 Å². The molecular formula is C30H32FN9O2S. The second kappa shape index (κ2) is 10.5. The molecule has 0 N–H and O–H groups in total. The molecule has 3 fully saturated rings. The molecule has 0 aliphatic carbocycles. The first-order valence-corrected chi connectivity index (χ1v) is 15.3. The average molecular weight is 602 g/mol. The van der Waals surface area contributed by atoms with E-state index in [4.69, 9.17) is 9.72 Å². The van der Waals surface area contributed by atoms with E-state index in [9.17, 15) is 10.1 Å². The third-order valence-corrected chi connectivity index (χ3v) is 9.62. The summed E-state index contributed by atoms with van der Waals surface area (Å²) in [6.07, 6.45) is 0. The summed E-state index contributed by atoms with van der Waals surface area (Å²) < 4.78 is 22.5. The highest BCUT2D eigenvalue weighted by Gasteiger charge is 2.54. The van der Waals surface area contributed by atoms with Crippen molar-refractivity contribution in [1.29, 1.82) is 5.26 Å². The quantitative estimate of drug-likeness (QED) is 0.313. The lowest BCUT2D eigenvalue weighted by Gasteiger charge is -2.61. The molecule has 13 heteroatoms. The number of morpholine rings is 1. The van der Waals surface area contributed by atoms with Gasteiger partial charge in [0.15, 0.2) is 10.8 Å². The zero-order valence-corrected chi connectivity index (χ0v) is 25.2. The van der Waals surface area contributed by atoms with Gasteiger partial charge in [-0.3, -0.25) is 0 Å². The van der Waals surface area contributed by atoms with Crippen LogP contribution in [0.3, 0.4) is 0 Å². The number of likely N-dealkylation sites (tertiary alicyclic amines) is 1. The number of thiazole rings is 1. The van der Waals surface area contributed by atoms with Crippen molar-refractivity contribution in [3.8, 4) is 17.3 Å². The predicted octanol–water partition coefficient (Wildman–Crippen LogP) is 4.24. The number of nitrogens with zero attached hydrogens (tertiary/aromatic N) is 9. The maximum atomic E-state index is 15.4. The third kappa shape index (κ3) is 4.65. The first-order valence-electron chi connectivity index (χ1n) is 14.4. The van der Waals surface area contributed by atoms with Crippen LogP contribution in [-0.2, 0) is 11.3 Å². The number of halogens is 1. The number of carbonyl (C=O) groups is 1. The van der Waals surface area contributed by atoms with E-state index in [1.54, 1.807) is 4.68 Å². The average Bonchev–Trinajstić information content (AvgIpc) is 3.57. The number of ether oxygens (including phenoxy) is 1. The molecule has 1 spiro atoms. The summed E-state index contributed by atoms with van der Waals surface area (Å²) in [6.45, 7) is 9.62. The van der Waals surface area contributed by atoms with E-state index in [0.29, 0.717) is 91.5 Å². The van der Waals surface area contributed by atoms with Crippen LogP contribution in [0.1, 0.15) is 17.4 Å². The van der Waals surface area contributed by atoms with Crippen molar-refractivity contribution in [3.63, 3.8) is 0 Å². The minimum atomic E-state index is -0.555. The fourth-order valence-electron chi connectivity index (χ4n) is 6.32. The Bertz CT molecular complexity index is 1740. The number of hydrogen-bond donors (Lipinski definition) is 0. The Balaban J connectivity index is 1.14. The highest BCUT2D eigenvalue weighted by atomic mass is 32.1. The maximum absolute atomic E-state index is 15.4. The van der Waals surface area contributed by atoms with Gasteiger partial charge in [-0.05, 0) is 19.9 Å². The Morgan fingerprint density at radius 2 is 1.86 bits per heavy atom. The van der Waals surface area contributed by atoms with Crippen molar-refractivity contribution < 1.29 is 13.9 Å². The van der Waals surface area contributed by atoms with Gasteiger partial charge in [-0.1, -0.05) is 41.2 Å². The number of amides is 2. The number of benzene rings is 1. The van der Waals surface area contributed by atoms with Gasteiger partial charge in [0.25, 0.3) is 0 Å². The minimum absolute atomic E-state index is 0.0163. The molecule has 3 saturated heterocycles. The van der Waals surface area contributed by atoms with E-state index in [2.05, 4.69) is 16.2 Å². The van der Waals surface area contributed by atoms with E-state index in [1.165, 1.54) is 11.3 Å². The molecular weight excluding hydrogens is 569 g/mol. The summed E-state index contributed by atoms with van der Waals surface area (Å²) in [6, 6.07) is 12.1. The normalized spacial score (nSPS) is 17.6. The number of anilines is 3. The lowest BCUT2D eigenvalue weighted by Crippen LogP contribution is -2.74. The predicted molar refractivity (Wildman–Crippen MR) is 162 cm³/mol. The molecule has 43 heavy (non-hydrogen) atoms. The van der Waals surface area contributed by atoms with Crippen molar-refractivity contribution in [2.45, 2.75) is 20.4 Å². The third-order valence-electron chi connectivity index (χ3n) is 8.58. The Labute approximate surface area is 252 Å². The summed E-state index contributed by atoms with van der Waals surface area (Å²) in [5.74, 6) is 0.182. The Morgan fingerprint density at radius 1 is 1.14 bits per heavy atom. The van der Waals surface area contributed by atoms with Crippen LogP contribution in [0.2, 0.25) is 0 Å². The second-order valence-corrected chi connectivity index (χ2v) is 12.6. The fourth-order valence-corrected chi connectivity index (χ4v) is 7.17. The van der Waals surface area contributed by atoms with Gasteiger partial charge in [0.05, 0.1) is 24.3 Å². The van der Waals surface area contributed by atoms with E-state index < -0.39 is 5.95 Å². The molecule has 0 bridgehead atoms. The van der Waals surface area contributed by atoms with Gasteiger partial charge in [-0.25, -0.2) is 14.5 Å². The molecule has 7 rings (SSSR count). The van der Waals surface area contributed by atoms with Crippen LogP contribution >= 0.6 is 11.3 Å². The molecule has 2 amide bonds. The number of hydrogen-bond acceptors (Lipinski definition) is 9. The van der Waals surface area contributed by atoms with Gasteiger partial charge in [0, 0.05) is 63.8 Å². The molecule has 11 nitrogen and oxygen atoms in total. The number of carbonyl (C=O) groups excluding carboxylic acids is 1. The summed E-state index contributed by atoms with van der Waals surface area (Å²) in [5.41, 5.74) is 3.38. The summed E-state index contributed by atoms with van der Waals surface area (Å²) in [5, 5.41) is 15.8. The van der Waals surface area contributed by atoms with Gasteiger partial charge < -0.3 is 24.3 Å². The number of rotatable bonds is 5. The van der Waals surface area contributed by atoms with Crippen LogP contribution in [0.5, 0.6) is 0 Å². The lowest BCUT2D eigenvalue weighted by molar-refractivity contribution is -0.0181. The molecule has 1 aromatic carbocycles. The van der Waals surface area contributed by atoms with Crippen molar-refractivity contribution in [2.24, 2.45) is 5.41 Å². The number of aryl methyl sites for hydroxylation is 2. The van der Waals surface area contributed by atoms with Crippen LogP contribution in [0.15, 0.2) is 30.3 Å². The van der Waals surface area contributed by atoms with E-state index in [1.807, 2.05) is 70.8 Å². The van der Waals surface area contributed by atoms with Gasteiger partial charge in [-0.15, -0.1) is 0 Å². The molecule has 3 aliphatic heterocycles. The maximum Gasteiger partial charge on any atom is 0.320 e. The minimum Gasteiger partial charge on any atom is -0.378 e. The van der Waals surface area contributed by atoms with Gasteiger partial charge in [0.2, 0.25) is 5.95 Å². The second-order valence-electron chi connectivity index (χ2n) is 11.6. The topological polar surface area (TPSA) is 107 Å². The number of nitriles is 1. The largest absolute Gasteiger partial charge is 0.378 e. The van der Waals surface area contributed by atoms with Crippen LogP contribution in [0, 0.1) is 29.6 Å². The molecule has 0 radical (unpaired) electrons. The van der Waals surface area contributed by atoms with Gasteiger partial charge >= 0.3 is 6.03 Å². The van der Waals surface area contributed by atoms with Crippen molar-refractivity contribution in [2.75, 3.05) is 69.3 Å². The fraction of sp³-hybridized carbons (Fsp3) is 0.433. The Kier molecular flexibility index (Phi) is 6.70. The summed E-state index contributed by atoms with van der Waals surface area (Å²) in [4.78, 5) is 30.1. The zero-order valence-electron chi connectivity index (χ0n) is 24.4. The highest BCUT2D eigenvalue weighted by Crippen LogP contribution is 2.44. The Hall–Kier alpha value is -4.28. The van der Waals surface area contributed by atoms with Crippen LogP contribution < -0.4 is 9.80 Å². The van der Waals surface area contributed by atoms with Crippen LogP contribution in [0.4, 0.5) is 25.8 Å². The monoisotopic (exact) mass is 601 g/mol. The molecule has 4 aromatic rings. The lowest BCUT2D eigenvalue weighted by atomic mass is 9.72. The summed E-state index contributed by atoms with van der Waals surface area (Å²) >= 11 is 1.31. The zero-order chi connectivity index (χ0) is 29.9. The van der Waals surface area contributed by atoms with E-state index in [-0.39, 0.29) is 11.4 Å². The van der Waals surface area contributed by atoms with E-state index >= 15 is 4.39 Å². The molecule has 0 unspecified atom stereocenters. The molecule has 0 atom stereocenters. The standard InChI is InChI=1S/C30H32FN9O2S/c1-4-40-27(36(3)28-33-24(23(14-32)43-28)20-7-5-19(2)6-8-20)21-13-22(25(31)34-26(21)35-40)38-15-30(16-38)17-39(18-30)29(41)37-9-11-42-12-10-37/h5-8,13H,4,9-12,15-18H2,1-3H3. The number of urea groups is 1. The van der Waals surface area contributed by atoms with Crippen molar-refractivity contribution >= 4 is 45.0 Å². The molecule has 0 saturated carbocycles. The molecule has 6 heterocycles. The first kappa shape index (κ1) is 27.5. The van der Waals surface area contributed by atoms with Gasteiger partial charge in [-0.2, -0.15) is 19.7 Å². The number of fused-ring (bicyclic) bond motifs is 1. The smallest absolute Gasteiger partial charge is 0.320 e. The highest BCUT2D eigenvalue weighted by molar-refractivity contribution is 7.16. The van der Waals surface area contributed by atoms with Gasteiger partial charge in [0.1, 0.15) is 22.5 Å². The Morgan fingerprint density at radius 3 is 2.53 bits per heavy atom. The number of aromatic nitrogens is 4.